The number of pyridine rings is 1. The number of aromatic nitrogens is 1. The van der Waals surface area contributed by atoms with Crippen LogP contribution in [0.4, 0.5) is 0 Å². The van der Waals surface area contributed by atoms with E-state index in [9.17, 15) is 0 Å². The topological polar surface area (TPSA) is 26.0 Å². The third kappa shape index (κ3) is 1.83. The Hall–Kier alpha value is -1.83. The van der Waals surface area contributed by atoms with Crippen LogP contribution in [0.1, 0.15) is 41.7 Å². The highest BCUT2D eigenvalue weighted by Crippen LogP contribution is 2.35. The molecule has 0 aliphatic heterocycles. The van der Waals surface area contributed by atoms with E-state index in [0.717, 1.165) is 21.9 Å². The van der Waals surface area contributed by atoms with Gasteiger partial charge in [-0.1, -0.05) is 32.9 Å². The van der Waals surface area contributed by atoms with Gasteiger partial charge in [0, 0.05) is 20.6 Å². The number of furan rings is 1. The average Bonchev–Trinajstić information content (AvgIpc) is 2.75. The van der Waals surface area contributed by atoms with Gasteiger partial charge in [0.1, 0.15) is 5.58 Å². The molecule has 0 atom stereocenters. The largest absolute Gasteiger partial charge is 0.437 e. The molecule has 0 aliphatic carbocycles. The molecule has 0 radical (unpaired) electrons. The van der Waals surface area contributed by atoms with Gasteiger partial charge in [-0.3, -0.25) is 0 Å². The fourth-order valence-corrected chi connectivity index (χ4v) is 2.67. The van der Waals surface area contributed by atoms with E-state index in [4.69, 9.17) is 8.53 Å². The molecule has 2 aromatic heterocycles. The molecule has 98 valence electrons. The zero-order chi connectivity index (χ0) is 16.3. The van der Waals surface area contributed by atoms with Crippen molar-refractivity contribution in [3.8, 4) is 0 Å². The quantitative estimate of drug-likeness (QED) is 0.572. The van der Waals surface area contributed by atoms with E-state index in [2.05, 4.69) is 31.8 Å². The second-order valence-electron chi connectivity index (χ2n) is 6.02. The maximum atomic E-state index is 7.47. The van der Waals surface area contributed by atoms with Gasteiger partial charge < -0.3 is 4.42 Å². The Morgan fingerprint density at radius 2 is 1.84 bits per heavy atom. The molecule has 3 rings (SSSR count). The van der Waals surface area contributed by atoms with Crippen molar-refractivity contribution in [3.05, 3.63) is 41.1 Å². The smallest absolute Gasteiger partial charge is 0.227 e. The molecule has 2 heteroatoms. The molecule has 1 aromatic carbocycles. The molecular formula is C17H19NO. The van der Waals surface area contributed by atoms with Crippen LogP contribution in [0.3, 0.4) is 0 Å². The summed E-state index contributed by atoms with van der Waals surface area (Å²) in [6.07, 6.45) is 0. The van der Waals surface area contributed by atoms with Gasteiger partial charge in [0.15, 0.2) is 0 Å². The van der Waals surface area contributed by atoms with Crippen molar-refractivity contribution in [3.63, 3.8) is 0 Å². The van der Waals surface area contributed by atoms with Gasteiger partial charge in [0.25, 0.3) is 0 Å². The van der Waals surface area contributed by atoms with Gasteiger partial charge >= 0.3 is 0 Å². The van der Waals surface area contributed by atoms with Crippen molar-refractivity contribution < 1.29 is 8.53 Å². The first-order valence-corrected chi connectivity index (χ1v) is 6.43. The predicted molar refractivity (Wildman–Crippen MR) is 79.7 cm³/mol. The van der Waals surface area contributed by atoms with Crippen molar-refractivity contribution in [1.29, 1.82) is 0 Å². The van der Waals surface area contributed by atoms with Crippen molar-refractivity contribution >= 4 is 22.1 Å². The van der Waals surface area contributed by atoms with Crippen molar-refractivity contribution in [1.82, 2.24) is 4.98 Å². The molecular weight excluding hydrogens is 234 g/mol. The maximum absolute atomic E-state index is 7.47. The molecule has 19 heavy (non-hydrogen) atoms. The number of benzene rings is 1. The third-order valence-corrected chi connectivity index (χ3v) is 3.56. The van der Waals surface area contributed by atoms with Crippen LogP contribution in [0.25, 0.3) is 22.1 Å². The van der Waals surface area contributed by atoms with E-state index in [1.54, 1.807) is 12.1 Å². The number of fused-ring (bicyclic) bond motifs is 3. The Labute approximate surface area is 117 Å². The summed E-state index contributed by atoms with van der Waals surface area (Å²) in [7, 11) is 0. The van der Waals surface area contributed by atoms with E-state index in [1.165, 1.54) is 5.56 Å². The highest BCUT2D eigenvalue weighted by atomic mass is 16.3. The van der Waals surface area contributed by atoms with Crippen LogP contribution in [-0.4, -0.2) is 4.98 Å². The summed E-state index contributed by atoms with van der Waals surface area (Å²) in [5, 5.41) is 1.83. The van der Waals surface area contributed by atoms with Crippen molar-refractivity contribution in [2.45, 2.75) is 40.0 Å². The molecule has 2 nitrogen and oxygen atoms in total. The second kappa shape index (κ2) is 3.83. The first-order chi connectivity index (χ1) is 10.1. The van der Waals surface area contributed by atoms with Gasteiger partial charge in [0.05, 0.1) is 0 Å². The van der Waals surface area contributed by atoms with E-state index in [-0.39, 0.29) is 11.1 Å². The number of rotatable bonds is 0. The van der Waals surface area contributed by atoms with Crippen molar-refractivity contribution in [2.75, 3.05) is 0 Å². The van der Waals surface area contributed by atoms with Crippen molar-refractivity contribution in [2.24, 2.45) is 0 Å². The van der Waals surface area contributed by atoms with Crippen LogP contribution in [0.5, 0.6) is 0 Å². The lowest BCUT2D eigenvalue weighted by atomic mass is 9.83. The van der Waals surface area contributed by atoms with Crippen LogP contribution in [0.15, 0.2) is 28.7 Å². The number of hydrogen-bond donors (Lipinski definition) is 0. The molecule has 0 saturated carbocycles. The lowest BCUT2D eigenvalue weighted by Crippen LogP contribution is -2.12. The number of nitrogens with zero attached hydrogens (tertiary/aromatic N) is 1. The molecule has 0 aliphatic rings. The van der Waals surface area contributed by atoms with E-state index >= 15 is 0 Å². The highest BCUT2D eigenvalue weighted by molar-refractivity contribution is 6.04. The van der Waals surface area contributed by atoms with Gasteiger partial charge in [-0.25, -0.2) is 4.98 Å². The summed E-state index contributed by atoms with van der Waals surface area (Å²) in [4.78, 5) is 4.19. The predicted octanol–water partition coefficient (Wildman–Crippen LogP) is 4.90. The number of aryl methyl sites for hydroxylation is 2. The minimum atomic E-state index is -2.22. The SMILES string of the molecule is [2H]C([2H])([2H])c1ccc2c(n1)oc1c(C)c(C(C)(C)C)ccc12. The summed E-state index contributed by atoms with van der Waals surface area (Å²) in [5.74, 6) is 0. The van der Waals surface area contributed by atoms with Gasteiger partial charge in [-0.2, -0.15) is 0 Å². The van der Waals surface area contributed by atoms with Crippen LogP contribution < -0.4 is 0 Å². The molecule has 0 fully saturated rings. The van der Waals surface area contributed by atoms with Gasteiger partial charge in [-0.05, 0) is 42.5 Å². The Balaban J connectivity index is 2.32. The second-order valence-corrected chi connectivity index (χ2v) is 6.02. The van der Waals surface area contributed by atoms with Crippen LogP contribution in [-0.2, 0) is 5.41 Å². The van der Waals surface area contributed by atoms with Crippen LogP contribution in [0.2, 0.25) is 0 Å². The summed E-state index contributed by atoms with van der Waals surface area (Å²) in [6.45, 7) is 6.30. The average molecular weight is 256 g/mol. The number of hydrogen-bond acceptors (Lipinski definition) is 2. The summed E-state index contributed by atoms with van der Waals surface area (Å²) in [6, 6.07) is 7.49. The minimum absolute atomic E-state index is 0.0223. The molecule has 0 bridgehead atoms. The normalized spacial score (nSPS) is 15.5. The standard InChI is InChI=1S/C17H19NO/c1-10-6-7-13-12-8-9-14(17(3,4)5)11(2)15(12)19-16(13)18-10/h6-9H,1-5H3/i1D3. The van der Waals surface area contributed by atoms with E-state index < -0.39 is 6.85 Å². The Bertz CT molecular complexity index is 869. The Morgan fingerprint density at radius 3 is 2.53 bits per heavy atom. The zero-order valence-corrected chi connectivity index (χ0v) is 11.7. The first-order valence-electron chi connectivity index (χ1n) is 7.93. The Morgan fingerprint density at radius 1 is 1.11 bits per heavy atom. The first kappa shape index (κ1) is 9.13. The van der Waals surface area contributed by atoms with Crippen LogP contribution >= 0.6 is 0 Å². The molecule has 0 spiro atoms. The third-order valence-electron chi connectivity index (χ3n) is 3.56. The summed E-state index contributed by atoms with van der Waals surface area (Å²) >= 11 is 0. The lowest BCUT2D eigenvalue weighted by Gasteiger charge is -2.21. The summed E-state index contributed by atoms with van der Waals surface area (Å²) < 4.78 is 28.3. The fourth-order valence-electron chi connectivity index (χ4n) is 2.67. The molecule has 2 heterocycles. The Kier molecular flexibility index (Phi) is 1.84. The van der Waals surface area contributed by atoms with Gasteiger partial charge in [0.2, 0.25) is 5.71 Å². The monoisotopic (exact) mass is 256 g/mol. The molecule has 3 aromatic rings. The maximum Gasteiger partial charge on any atom is 0.227 e. The molecule has 0 amide bonds. The van der Waals surface area contributed by atoms with Crippen LogP contribution in [0, 0.1) is 13.8 Å². The van der Waals surface area contributed by atoms with E-state index in [1.807, 2.05) is 13.0 Å². The summed E-state index contributed by atoms with van der Waals surface area (Å²) in [5.41, 5.74) is 3.56. The molecule has 0 N–H and O–H groups in total. The molecule has 0 unspecified atom stereocenters. The zero-order valence-electron chi connectivity index (χ0n) is 14.7. The minimum Gasteiger partial charge on any atom is -0.437 e. The fraction of sp³-hybridized carbons (Fsp3) is 0.353. The highest BCUT2D eigenvalue weighted by Gasteiger charge is 2.20. The van der Waals surface area contributed by atoms with E-state index in [0.29, 0.717) is 5.71 Å². The molecule has 0 saturated heterocycles. The lowest BCUT2D eigenvalue weighted by molar-refractivity contribution is 0.582. The van der Waals surface area contributed by atoms with Gasteiger partial charge in [-0.15, -0.1) is 0 Å².